The Balaban J connectivity index is 1.62. The first-order valence-corrected chi connectivity index (χ1v) is 11.2. The first-order chi connectivity index (χ1) is 14.4. The molecular weight excluding hydrogens is 400 g/mol. The number of hydrogen-bond donors (Lipinski definition) is 1. The van der Waals surface area contributed by atoms with Crippen LogP contribution in [0.2, 0.25) is 0 Å². The summed E-state index contributed by atoms with van der Waals surface area (Å²) in [6.45, 7) is 0.397. The summed E-state index contributed by atoms with van der Waals surface area (Å²) in [6, 6.07) is 18.5. The zero-order valence-electron chi connectivity index (χ0n) is 16.3. The average molecular weight is 423 g/mol. The summed E-state index contributed by atoms with van der Waals surface area (Å²) in [5.41, 5.74) is 9.53. The summed E-state index contributed by atoms with van der Waals surface area (Å²) in [7, 11) is -3.93. The highest BCUT2D eigenvalue weighted by molar-refractivity contribution is 7.93. The SMILES string of the molecule is NC(=O)C1(S(=O)(=O)c2ccc(-c3ccc(-c4ccncc4)cc3)cc2)CCOCC1. The van der Waals surface area contributed by atoms with Crippen LogP contribution in [0.4, 0.5) is 0 Å². The monoisotopic (exact) mass is 422 g/mol. The molecule has 4 rings (SSSR count). The molecule has 1 aromatic heterocycles. The summed E-state index contributed by atoms with van der Waals surface area (Å²) < 4.78 is 30.1. The van der Waals surface area contributed by atoms with E-state index in [1.165, 1.54) is 0 Å². The lowest BCUT2D eigenvalue weighted by molar-refractivity contribution is -0.122. The third kappa shape index (κ3) is 3.51. The molecule has 0 saturated carbocycles. The summed E-state index contributed by atoms with van der Waals surface area (Å²) >= 11 is 0. The van der Waals surface area contributed by atoms with Gasteiger partial charge in [-0.2, -0.15) is 0 Å². The van der Waals surface area contributed by atoms with E-state index in [4.69, 9.17) is 10.5 Å². The molecule has 7 heteroatoms. The molecule has 2 aromatic carbocycles. The van der Waals surface area contributed by atoms with Crippen LogP contribution in [0.15, 0.2) is 78.0 Å². The number of carbonyl (C=O) groups is 1. The average Bonchev–Trinajstić information content (AvgIpc) is 2.80. The topological polar surface area (TPSA) is 99.4 Å². The Labute approximate surface area is 175 Å². The van der Waals surface area contributed by atoms with Gasteiger partial charge in [0.1, 0.15) is 0 Å². The second-order valence-electron chi connectivity index (χ2n) is 7.31. The molecular formula is C23H22N2O4S. The smallest absolute Gasteiger partial charge is 0.239 e. The minimum Gasteiger partial charge on any atom is -0.381 e. The van der Waals surface area contributed by atoms with Gasteiger partial charge in [0.05, 0.1) is 4.90 Å². The highest BCUT2D eigenvalue weighted by Crippen LogP contribution is 2.35. The Hall–Kier alpha value is -3.03. The van der Waals surface area contributed by atoms with Crippen molar-refractivity contribution >= 4 is 15.7 Å². The molecule has 0 unspecified atom stereocenters. The normalized spacial score (nSPS) is 16.1. The molecule has 2 heterocycles. The van der Waals surface area contributed by atoms with Gasteiger partial charge in [-0.1, -0.05) is 36.4 Å². The molecule has 1 amide bonds. The number of nitrogens with two attached hydrogens (primary N) is 1. The molecule has 6 nitrogen and oxygen atoms in total. The molecule has 0 radical (unpaired) electrons. The van der Waals surface area contributed by atoms with Gasteiger partial charge in [0.25, 0.3) is 0 Å². The van der Waals surface area contributed by atoms with Gasteiger partial charge in [-0.3, -0.25) is 9.78 Å². The van der Waals surface area contributed by atoms with E-state index in [1.54, 1.807) is 36.7 Å². The van der Waals surface area contributed by atoms with Crippen LogP contribution in [-0.4, -0.2) is 37.3 Å². The third-order valence-electron chi connectivity index (χ3n) is 5.66. The van der Waals surface area contributed by atoms with Gasteiger partial charge < -0.3 is 10.5 Å². The molecule has 1 saturated heterocycles. The second-order valence-corrected chi connectivity index (χ2v) is 9.57. The van der Waals surface area contributed by atoms with E-state index >= 15 is 0 Å². The Morgan fingerprint density at radius 3 is 1.70 bits per heavy atom. The van der Waals surface area contributed by atoms with Crippen LogP contribution in [0.25, 0.3) is 22.3 Å². The zero-order chi connectivity index (χ0) is 21.2. The quantitative estimate of drug-likeness (QED) is 0.681. The van der Waals surface area contributed by atoms with E-state index in [-0.39, 0.29) is 31.0 Å². The first-order valence-electron chi connectivity index (χ1n) is 9.67. The number of rotatable bonds is 5. The molecule has 1 aliphatic rings. The number of nitrogens with zero attached hydrogens (tertiary/aromatic N) is 1. The summed E-state index contributed by atoms with van der Waals surface area (Å²) in [4.78, 5) is 16.2. The fourth-order valence-electron chi connectivity index (χ4n) is 3.80. The molecule has 1 aliphatic heterocycles. The largest absolute Gasteiger partial charge is 0.381 e. The van der Waals surface area contributed by atoms with Crippen LogP contribution in [0, 0.1) is 0 Å². The van der Waals surface area contributed by atoms with Crippen LogP contribution in [0.3, 0.4) is 0 Å². The number of amides is 1. The van der Waals surface area contributed by atoms with Gasteiger partial charge in [0.15, 0.2) is 14.6 Å². The predicted octanol–water partition coefficient (Wildman–Crippen LogP) is 3.22. The minimum atomic E-state index is -3.93. The Bertz CT molecular complexity index is 1140. The van der Waals surface area contributed by atoms with Crippen molar-refractivity contribution in [2.45, 2.75) is 22.5 Å². The lowest BCUT2D eigenvalue weighted by Gasteiger charge is -2.33. The van der Waals surface area contributed by atoms with Gasteiger partial charge in [-0.05, 0) is 59.4 Å². The Morgan fingerprint density at radius 2 is 1.23 bits per heavy atom. The lowest BCUT2D eigenvalue weighted by Crippen LogP contribution is -2.53. The fourth-order valence-corrected chi connectivity index (χ4v) is 5.71. The zero-order valence-corrected chi connectivity index (χ0v) is 17.1. The molecule has 154 valence electrons. The van der Waals surface area contributed by atoms with E-state index < -0.39 is 20.5 Å². The highest BCUT2D eigenvalue weighted by atomic mass is 32.2. The molecule has 0 spiro atoms. The van der Waals surface area contributed by atoms with Crippen molar-refractivity contribution in [3.8, 4) is 22.3 Å². The number of aromatic nitrogens is 1. The van der Waals surface area contributed by atoms with Crippen molar-refractivity contribution in [2.75, 3.05) is 13.2 Å². The van der Waals surface area contributed by atoms with E-state index in [2.05, 4.69) is 4.98 Å². The molecule has 3 aromatic rings. The number of primary amides is 1. The van der Waals surface area contributed by atoms with Crippen LogP contribution in [0.1, 0.15) is 12.8 Å². The lowest BCUT2D eigenvalue weighted by atomic mass is 9.98. The van der Waals surface area contributed by atoms with Crippen LogP contribution in [-0.2, 0) is 19.4 Å². The van der Waals surface area contributed by atoms with Gasteiger partial charge in [-0.15, -0.1) is 0 Å². The van der Waals surface area contributed by atoms with Gasteiger partial charge in [0, 0.05) is 25.6 Å². The van der Waals surface area contributed by atoms with Crippen LogP contribution in [0.5, 0.6) is 0 Å². The highest BCUT2D eigenvalue weighted by Gasteiger charge is 2.51. The maximum absolute atomic E-state index is 13.2. The second kappa shape index (κ2) is 8.01. The number of pyridine rings is 1. The van der Waals surface area contributed by atoms with E-state index in [0.29, 0.717) is 0 Å². The molecule has 0 bridgehead atoms. The van der Waals surface area contributed by atoms with E-state index in [0.717, 1.165) is 22.3 Å². The van der Waals surface area contributed by atoms with Crippen molar-refractivity contribution in [2.24, 2.45) is 5.73 Å². The van der Waals surface area contributed by atoms with E-state index in [9.17, 15) is 13.2 Å². The summed E-state index contributed by atoms with van der Waals surface area (Å²) in [6.07, 6.45) is 3.64. The van der Waals surface area contributed by atoms with Gasteiger partial charge >= 0.3 is 0 Å². The molecule has 0 atom stereocenters. The van der Waals surface area contributed by atoms with Gasteiger partial charge in [-0.25, -0.2) is 8.42 Å². The molecule has 1 fully saturated rings. The summed E-state index contributed by atoms with van der Waals surface area (Å²) in [5.74, 6) is -0.818. The van der Waals surface area contributed by atoms with Crippen LogP contribution < -0.4 is 5.73 Å². The standard InChI is InChI=1S/C23H22N2O4S/c24-22(26)23(11-15-29-16-12-23)30(27,28)21-7-5-19(6-8-21)17-1-3-18(4-2-17)20-9-13-25-14-10-20/h1-10,13-14H,11-12,15-16H2,(H2,24,26). The number of hydrogen-bond acceptors (Lipinski definition) is 5. The van der Waals surface area contributed by atoms with Crippen molar-refractivity contribution < 1.29 is 17.9 Å². The maximum Gasteiger partial charge on any atom is 0.239 e. The number of benzene rings is 2. The molecule has 30 heavy (non-hydrogen) atoms. The first kappa shape index (κ1) is 20.3. The van der Waals surface area contributed by atoms with Crippen molar-refractivity contribution in [3.63, 3.8) is 0 Å². The van der Waals surface area contributed by atoms with E-state index in [1.807, 2.05) is 36.4 Å². The number of ether oxygens (including phenoxy) is 1. The van der Waals surface area contributed by atoms with Crippen molar-refractivity contribution in [1.29, 1.82) is 0 Å². The number of carbonyl (C=O) groups excluding carboxylic acids is 1. The third-order valence-corrected chi connectivity index (χ3v) is 8.19. The fraction of sp³-hybridized carbons (Fsp3) is 0.217. The predicted molar refractivity (Wildman–Crippen MR) is 114 cm³/mol. The number of sulfone groups is 1. The molecule has 2 N–H and O–H groups in total. The van der Waals surface area contributed by atoms with Gasteiger partial charge in [0.2, 0.25) is 5.91 Å². The summed E-state index contributed by atoms with van der Waals surface area (Å²) in [5, 5.41) is 0. The maximum atomic E-state index is 13.2. The Kier molecular flexibility index (Phi) is 5.40. The minimum absolute atomic E-state index is 0.0723. The molecule has 0 aliphatic carbocycles. The van der Waals surface area contributed by atoms with Crippen molar-refractivity contribution in [1.82, 2.24) is 4.98 Å². The van der Waals surface area contributed by atoms with Crippen LogP contribution >= 0.6 is 0 Å². The Morgan fingerprint density at radius 1 is 0.800 bits per heavy atom. The van der Waals surface area contributed by atoms with Crippen molar-refractivity contribution in [3.05, 3.63) is 73.1 Å².